The van der Waals surface area contributed by atoms with E-state index in [2.05, 4.69) is 0 Å². The molecule has 0 unspecified atom stereocenters. The molecule has 0 N–H and O–H groups in total. The Bertz CT molecular complexity index is 564. The lowest BCUT2D eigenvalue weighted by atomic mass is 10.4. The fourth-order valence-corrected chi connectivity index (χ4v) is 3.10. The molecule has 1 aromatic rings. The molecule has 0 aromatic heterocycles. The summed E-state index contributed by atoms with van der Waals surface area (Å²) in [6, 6.07) is 7.92. The molecule has 0 saturated heterocycles. The molecule has 1 aromatic carbocycles. The van der Waals surface area contributed by atoms with Gasteiger partial charge in [0.15, 0.2) is 0 Å². The first kappa shape index (κ1) is 14.1. The average Bonchev–Trinajstić information content (AvgIpc) is 2.26. The molecule has 0 heterocycles. The van der Waals surface area contributed by atoms with E-state index in [0.717, 1.165) is 10.6 Å². The van der Waals surface area contributed by atoms with Crippen molar-refractivity contribution in [2.24, 2.45) is 0 Å². The van der Waals surface area contributed by atoms with Crippen molar-refractivity contribution >= 4 is 19.9 Å². The summed E-state index contributed by atoms with van der Waals surface area (Å²) in [5, 5.41) is 0. The Balaban J connectivity index is 2.86. The number of nitrogens with zero attached hydrogens (tertiary/aromatic N) is 1. The van der Waals surface area contributed by atoms with Crippen molar-refractivity contribution < 1.29 is 16.8 Å². The first-order valence-electron chi connectivity index (χ1n) is 4.92. The lowest BCUT2D eigenvalue weighted by molar-refractivity contribution is 0.485. The highest BCUT2D eigenvalue weighted by Gasteiger charge is 2.21. The van der Waals surface area contributed by atoms with Crippen LogP contribution in [-0.2, 0) is 19.9 Å². The maximum atomic E-state index is 12.0. The number of hydrogen-bond donors (Lipinski definition) is 0. The van der Waals surface area contributed by atoms with E-state index in [1.807, 2.05) is 0 Å². The second-order valence-corrected chi connectivity index (χ2v) is 8.07. The number of benzene rings is 1. The van der Waals surface area contributed by atoms with Gasteiger partial charge in [-0.1, -0.05) is 18.2 Å². The Morgan fingerprint density at radius 3 is 2.06 bits per heavy atom. The minimum absolute atomic E-state index is 0.0456. The summed E-state index contributed by atoms with van der Waals surface area (Å²) in [5.41, 5.74) is 0. The predicted octanol–water partition coefficient (Wildman–Crippen LogP) is 0.352. The monoisotopic (exact) mass is 277 g/mol. The molecular weight excluding hydrogens is 262 g/mol. The SMILES string of the molecule is CN(CCS(C)(=O)=O)S(=O)(=O)c1ccccc1. The van der Waals surface area contributed by atoms with Crippen LogP contribution >= 0.6 is 0 Å². The van der Waals surface area contributed by atoms with Gasteiger partial charge in [-0.3, -0.25) is 0 Å². The number of rotatable bonds is 5. The van der Waals surface area contributed by atoms with E-state index in [-0.39, 0.29) is 17.2 Å². The highest BCUT2D eigenvalue weighted by atomic mass is 32.2. The summed E-state index contributed by atoms with van der Waals surface area (Å²) < 4.78 is 47.0. The molecule has 0 amide bonds. The van der Waals surface area contributed by atoms with Gasteiger partial charge in [-0.05, 0) is 12.1 Å². The van der Waals surface area contributed by atoms with Crippen molar-refractivity contribution in [3.63, 3.8) is 0 Å². The van der Waals surface area contributed by atoms with Gasteiger partial charge >= 0.3 is 0 Å². The lowest BCUT2D eigenvalue weighted by Gasteiger charge is -2.16. The van der Waals surface area contributed by atoms with Gasteiger partial charge in [0.1, 0.15) is 9.84 Å². The van der Waals surface area contributed by atoms with Crippen LogP contribution in [0.2, 0.25) is 0 Å². The van der Waals surface area contributed by atoms with Gasteiger partial charge in [0.25, 0.3) is 0 Å². The molecule has 0 atom stereocenters. The van der Waals surface area contributed by atoms with Crippen LogP contribution in [-0.4, -0.2) is 46.7 Å². The van der Waals surface area contributed by atoms with Crippen molar-refractivity contribution in [3.8, 4) is 0 Å². The quantitative estimate of drug-likeness (QED) is 0.778. The van der Waals surface area contributed by atoms with Crippen molar-refractivity contribution in [1.29, 1.82) is 0 Å². The first-order chi connectivity index (χ1) is 7.73. The molecule has 0 radical (unpaired) electrons. The van der Waals surface area contributed by atoms with E-state index in [0.29, 0.717) is 0 Å². The minimum Gasteiger partial charge on any atom is -0.229 e. The highest BCUT2D eigenvalue weighted by Crippen LogP contribution is 2.13. The van der Waals surface area contributed by atoms with Crippen molar-refractivity contribution in [2.45, 2.75) is 4.90 Å². The molecule has 0 spiro atoms. The Morgan fingerprint density at radius 1 is 1.06 bits per heavy atom. The Kier molecular flexibility index (Phi) is 4.29. The van der Waals surface area contributed by atoms with Crippen LogP contribution in [0.1, 0.15) is 0 Å². The minimum atomic E-state index is -3.59. The van der Waals surface area contributed by atoms with E-state index in [4.69, 9.17) is 0 Å². The largest absolute Gasteiger partial charge is 0.242 e. The topological polar surface area (TPSA) is 71.5 Å². The molecule has 0 aliphatic carbocycles. The third-order valence-electron chi connectivity index (χ3n) is 2.23. The smallest absolute Gasteiger partial charge is 0.229 e. The lowest BCUT2D eigenvalue weighted by Crippen LogP contribution is -2.31. The van der Waals surface area contributed by atoms with Crippen molar-refractivity contribution in [3.05, 3.63) is 30.3 Å². The number of sulfonamides is 1. The molecule has 0 aliphatic heterocycles. The third-order valence-corrected chi connectivity index (χ3v) is 5.02. The Hall–Kier alpha value is -0.920. The summed E-state index contributed by atoms with van der Waals surface area (Å²) in [6.45, 7) is -0.0456. The standard InChI is InChI=1S/C10H15NO4S2/c1-11(8-9-16(2,12)13)17(14,15)10-6-4-3-5-7-10/h3-7H,8-9H2,1-2H3. The van der Waals surface area contributed by atoms with E-state index in [9.17, 15) is 16.8 Å². The van der Waals surface area contributed by atoms with Gasteiger partial charge in [-0.15, -0.1) is 0 Å². The van der Waals surface area contributed by atoms with Crippen LogP contribution in [0.25, 0.3) is 0 Å². The average molecular weight is 277 g/mol. The van der Waals surface area contributed by atoms with Gasteiger partial charge in [0, 0.05) is 19.8 Å². The van der Waals surface area contributed by atoms with Crippen LogP contribution in [0.3, 0.4) is 0 Å². The fraction of sp³-hybridized carbons (Fsp3) is 0.400. The molecular formula is C10H15NO4S2. The maximum absolute atomic E-state index is 12.0. The van der Waals surface area contributed by atoms with Gasteiger partial charge in [-0.2, -0.15) is 4.31 Å². The van der Waals surface area contributed by atoms with Gasteiger partial charge < -0.3 is 0 Å². The van der Waals surface area contributed by atoms with Crippen molar-refractivity contribution in [1.82, 2.24) is 4.31 Å². The molecule has 7 heteroatoms. The summed E-state index contributed by atoms with van der Waals surface area (Å²) in [5.74, 6) is -0.185. The summed E-state index contributed by atoms with van der Waals surface area (Å²) >= 11 is 0. The third kappa shape index (κ3) is 4.10. The summed E-state index contributed by atoms with van der Waals surface area (Å²) in [7, 11) is -5.39. The molecule has 0 aliphatic rings. The maximum Gasteiger partial charge on any atom is 0.242 e. The predicted molar refractivity (Wildman–Crippen MR) is 66.0 cm³/mol. The molecule has 17 heavy (non-hydrogen) atoms. The summed E-state index contributed by atoms with van der Waals surface area (Å²) in [4.78, 5) is 0.163. The first-order valence-corrected chi connectivity index (χ1v) is 8.42. The van der Waals surface area contributed by atoms with Gasteiger partial charge in [-0.25, -0.2) is 16.8 Å². The molecule has 96 valence electrons. The number of hydrogen-bond acceptors (Lipinski definition) is 4. The fourth-order valence-electron chi connectivity index (χ4n) is 1.19. The van der Waals surface area contributed by atoms with Crippen LogP contribution < -0.4 is 0 Å². The zero-order valence-corrected chi connectivity index (χ0v) is 11.3. The van der Waals surface area contributed by atoms with E-state index in [1.165, 1.54) is 19.2 Å². The number of sulfone groups is 1. The molecule has 5 nitrogen and oxygen atoms in total. The highest BCUT2D eigenvalue weighted by molar-refractivity contribution is 7.91. The van der Waals surface area contributed by atoms with E-state index in [1.54, 1.807) is 18.2 Å². The molecule has 1 rings (SSSR count). The van der Waals surface area contributed by atoms with E-state index < -0.39 is 19.9 Å². The van der Waals surface area contributed by atoms with Crippen LogP contribution in [0.15, 0.2) is 35.2 Å². The van der Waals surface area contributed by atoms with Crippen molar-refractivity contribution in [2.75, 3.05) is 25.6 Å². The molecule has 0 saturated carbocycles. The second kappa shape index (κ2) is 5.16. The summed E-state index contributed by atoms with van der Waals surface area (Å²) in [6.07, 6.45) is 1.08. The molecule has 0 fully saturated rings. The van der Waals surface area contributed by atoms with Crippen LogP contribution in [0.5, 0.6) is 0 Å². The zero-order chi connectivity index (χ0) is 13.1. The zero-order valence-electron chi connectivity index (χ0n) is 9.70. The second-order valence-electron chi connectivity index (χ2n) is 3.77. The normalized spacial score (nSPS) is 12.9. The van der Waals surface area contributed by atoms with Crippen LogP contribution in [0.4, 0.5) is 0 Å². The van der Waals surface area contributed by atoms with Crippen LogP contribution in [0, 0.1) is 0 Å². The molecule has 0 bridgehead atoms. The van der Waals surface area contributed by atoms with Gasteiger partial charge in [0.05, 0.1) is 10.6 Å². The van der Waals surface area contributed by atoms with E-state index >= 15 is 0 Å². The Morgan fingerprint density at radius 2 is 1.59 bits per heavy atom. The van der Waals surface area contributed by atoms with Gasteiger partial charge in [0.2, 0.25) is 10.0 Å². The Labute approximate surface area is 102 Å².